The summed E-state index contributed by atoms with van der Waals surface area (Å²) in [5.41, 5.74) is 10.8. The first-order valence-corrected chi connectivity index (χ1v) is 9.82. The van der Waals surface area contributed by atoms with Gasteiger partial charge in [0.05, 0.1) is 0 Å². The van der Waals surface area contributed by atoms with Gasteiger partial charge in [0, 0.05) is 28.3 Å². The van der Waals surface area contributed by atoms with E-state index in [2.05, 4.69) is 113 Å². The molecular formula is C24H22BrN. The summed E-state index contributed by atoms with van der Waals surface area (Å²) >= 11 is 3.55. The largest absolute Gasteiger partial charge is 0.326 e. The van der Waals surface area contributed by atoms with Gasteiger partial charge in [-0.2, -0.15) is 0 Å². The molecular weight excluding hydrogens is 382 g/mol. The lowest BCUT2D eigenvalue weighted by Gasteiger charge is -2.38. The zero-order valence-electron chi connectivity index (χ0n) is 14.5. The monoisotopic (exact) mass is 403 g/mol. The minimum Gasteiger partial charge on any atom is -0.326 e. The molecule has 3 aromatic rings. The normalized spacial score (nSPS) is 25.2. The molecule has 0 bridgehead atoms. The van der Waals surface area contributed by atoms with Gasteiger partial charge in [0.25, 0.3) is 0 Å². The van der Waals surface area contributed by atoms with E-state index in [1.165, 1.54) is 16.7 Å². The highest BCUT2D eigenvalue weighted by Crippen LogP contribution is 2.44. The lowest BCUT2D eigenvalue weighted by molar-refractivity contribution is 0.439. The van der Waals surface area contributed by atoms with E-state index < -0.39 is 0 Å². The van der Waals surface area contributed by atoms with Crippen molar-refractivity contribution in [2.45, 2.75) is 23.8 Å². The lowest BCUT2D eigenvalue weighted by Crippen LogP contribution is -2.39. The maximum absolute atomic E-state index is 6.89. The van der Waals surface area contributed by atoms with Crippen molar-refractivity contribution in [2.24, 2.45) is 5.73 Å². The Bertz CT molecular complexity index is 871. The van der Waals surface area contributed by atoms with Crippen LogP contribution in [-0.2, 0) is 0 Å². The molecule has 3 aromatic carbocycles. The van der Waals surface area contributed by atoms with E-state index in [4.69, 9.17) is 5.73 Å². The van der Waals surface area contributed by atoms with Crippen LogP contribution in [0.15, 0.2) is 102 Å². The number of rotatable bonds is 3. The molecule has 2 heteroatoms. The van der Waals surface area contributed by atoms with Crippen molar-refractivity contribution in [3.05, 3.63) is 118 Å². The molecule has 4 rings (SSSR count). The minimum absolute atomic E-state index is 0.0220. The summed E-state index contributed by atoms with van der Waals surface area (Å²) < 4.78 is 1.09. The molecule has 0 radical (unpaired) electrons. The van der Waals surface area contributed by atoms with Crippen LogP contribution in [0, 0.1) is 0 Å². The van der Waals surface area contributed by atoms with Gasteiger partial charge >= 0.3 is 0 Å². The molecule has 0 unspecified atom stereocenters. The Labute approximate surface area is 163 Å². The summed E-state index contributed by atoms with van der Waals surface area (Å²) in [6, 6.07) is 29.9. The fourth-order valence-corrected chi connectivity index (χ4v) is 4.33. The Morgan fingerprint density at radius 2 is 1.08 bits per heavy atom. The van der Waals surface area contributed by atoms with Gasteiger partial charge in [-0.25, -0.2) is 0 Å². The van der Waals surface area contributed by atoms with E-state index in [-0.39, 0.29) is 23.8 Å². The van der Waals surface area contributed by atoms with Crippen LogP contribution in [0.5, 0.6) is 0 Å². The van der Waals surface area contributed by atoms with Crippen LogP contribution >= 0.6 is 15.9 Å². The highest BCUT2D eigenvalue weighted by molar-refractivity contribution is 9.10. The zero-order valence-corrected chi connectivity index (χ0v) is 16.1. The summed E-state index contributed by atoms with van der Waals surface area (Å²) in [6.45, 7) is 0. The highest BCUT2D eigenvalue weighted by Gasteiger charge is 2.36. The van der Waals surface area contributed by atoms with Gasteiger partial charge in [-0.3, -0.25) is 0 Å². The number of hydrogen-bond donors (Lipinski definition) is 1. The summed E-state index contributed by atoms with van der Waals surface area (Å²) in [6.07, 6.45) is 4.65. The fourth-order valence-electron chi connectivity index (χ4n) is 4.07. The average molecular weight is 404 g/mol. The second-order valence-corrected chi connectivity index (χ2v) is 7.83. The molecule has 1 aliphatic rings. The first kappa shape index (κ1) is 17.3. The molecule has 0 aliphatic heterocycles. The molecule has 130 valence electrons. The van der Waals surface area contributed by atoms with Crippen LogP contribution in [0.25, 0.3) is 0 Å². The van der Waals surface area contributed by atoms with Gasteiger partial charge in [-0.05, 0) is 28.8 Å². The fraction of sp³-hybridized carbons (Fsp3) is 0.167. The molecule has 0 amide bonds. The summed E-state index contributed by atoms with van der Waals surface area (Å²) in [5.74, 6) is 0.748. The Morgan fingerprint density at radius 3 is 1.65 bits per heavy atom. The smallest absolute Gasteiger partial charge is 0.0221 e. The molecule has 0 fully saturated rings. The van der Waals surface area contributed by atoms with Crippen LogP contribution in [0.1, 0.15) is 34.4 Å². The molecule has 0 aromatic heterocycles. The molecule has 1 aliphatic carbocycles. The third-order valence-electron chi connectivity index (χ3n) is 5.37. The zero-order chi connectivity index (χ0) is 17.9. The van der Waals surface area contributed by atoms with Crippen LogP contribution in [0.2, 0.25) is 0 Å². The second-order valence-electron chi connectivity index (χ2n) is 6.91. The second kappa shape index (κ2) is 7.61. The first-order valence-electron chi connectivity index (χ1n) is 9.03. The third kappa shape index (κ3) is 3.40. The third-order valence-corrected chi connectivity index (χ3v) is 5.89. The van der Waals surface area contributed by atoms with Crippen molar-refractivity contribution in [2.75, 3.05) is 0 Å². The van der Waals surface area contributed by atoms with E-state index in [1.54, 1.807) is 0 Å². The predicted molar refractivity (Wildman–Crippen MR) is 112 cm³/mol. The van der Waals surface area contributed by atoms with Gasteiger partial charge < -0.3 is 5.73 Å². The Morgan fingerprint density at radius 1 is 0.577 bits per heavy atom. The lowest BCUT2D eigenvalue weighted by atomic mass is 9.68. The minimum atomic E-state index is 0.0220. The van der Waals surface area contributed by atoms with Crippen molar-refractivity contribution < 1.29 is 0 Å². The van der Waals surface area contributed by atoms with E-state index in [9.17, 15) is 0 Å². The summed E-state index contributed by atoms with van der Waals surface area (Å²) in [5, 5.41) is 0. The van der Waals surface area contributed by atoms with Gasteiger partial charge in [0.15, 0.2) is 0 Å². The van der Waals surface area contributed by atoms with E-state index in [0.29, 0.717) is 0 Å². The van der Waals surface area contributed by atoms with E-state index in [1.807, 2.05) is 0 Å². The molecule has 0 spiro atoms. The topological polar surface area (TPSA) is 26.0 Å². The maximum Gasteiger partial charge on any atom is 0.0221 e. The molecule has 4 atom stereocenters. The van der Waals surface area contributed by atoms with Gasteiger partial charge in [-0.1, -0.05) is 101 Å². The Kier molecular flexibility index (Phi) is 5.05. The average Bonchev–Trinajstić information content (AvgIpc) is 2.70. The van der Waals surface area contributed by atoms with Gasteiger partial charge in [0.1, 0.15) is 0 Å². The van der Waals surface area contributed by atoms with Crippen molar-refractivity contribution >= 4 is 15.9 Å². The van der Waals surface area contributed by atoms with E-state index in [0.717, 1.165) is 4.47 Å². The summed E-state index contributed by atoms with van der Waals surface area (Å²) in [4.78, 5) is 0. The number of hydrogen-bond acceptors (Lipinski definition) is 1. The molecule has 26 heavy (non-hydrogen) atoms. The summed E-state index contributed by atoms with van der Waals surface area (Å²) in [7, 11) is 0. The SMILES string of the molecule is N[C@H]1[C@H](c2ccc(Br)cc2)[C@H](c2ccccc2)C=C[C@@H]1c1ccccc1. The standard InChI is InChI=1S/C24H22BrN/c25-20-13-11-19(12-14-20)23-21(17-7-3-1-4-8-17)15-16-22(24(23)26)18-9-5-2-6-10-18/h1-16,21-24H,26H2/t21-,22+,23+,24+/m0/s1. The van der Waals surface area contributed by atoms with E-state index >= 15 is 0 Å². The molecule has 0 saturated carbocycles. The van der Waals surface area contributed by atoms with Gasteiger partial charge in [-0.15, -0.1) is 0 Å². The number of halogens is 1. The molecule has 1 nitrogen and oxygen atoms in total. The van der Waals surface area contributed by atoms with Gasteiger partial charge in [0.2, 0.25) is 0 Å². The first-order chi connectivity index (χ1) is 12.7. The molecule has 0 saturated heterocycles. The van der Waals surface area contributed by atoms with Crippen LogP contribution in [0.4, 0.5) is 0 Å². The molecule has 2 N–H and O–H groups in total. The highest BCUT2D eigenvalue weighted by atomic mass is 79.9. The van der Waals surface area contributed by atoms with Crippen molar-refractivity contribution in [3.8, 4) is 0 Å². The number of allylic oxidation sites excluding steroid dienone is 1. The van der Waals surface area contributed by atoms with Crippen molar-refractivity contribution in [1.82, 2.24) is 0 Å². The van der Waals surface area contributed by atoms with Crippen molar-refractivity contribution in [3.63, 3.8) is 0 Å². The van der Waals surface area contributed by atoms with Crippen LogP contribution < -0.4 is 5.73 Å². The van der Waals surface area contributed by atoms with Crippen molar-refractivity contribution in [1.29, 1.82) is 0 Å². The van der Waals surface area contributed by atoms with Crippen LogP contribution in [0.3, 0.4) is 0 Å². The predicted octanol–water partition coefficient (Wildman–Crippen LogP) is 6.00. The number of benzene rings is 3. The Balaban J connectivity index is 1.79. The maximum atomic E-state index is 6.89. The quantitative estimate of drug-likeness (QED) is 0.533. The number of nitrogens with two attached hydrogens (primary N) is 1. The van der Waals surface area contributed by atoms with Crippen LogP contribution in [-0.4, -0.2) is 6.04 Å². The molecule has 0 heterocycles. The Hall–Kier alpha value is -2.16.